The second kappa shape index (κ2) is 13.2. The maximum absolute atomic E-state index is 12.9. The van der Waals surface area contributed by atoms with Crippen molar-refractivity contribution in [2.75, 3.05) is 11.9 Å². The Bertz CT molecular complexity index is 1490. The van der Waals surface area contributed by atoms with Crippen LogP contribution in [-0.4, -0.2) is 29.5 Å². The standard InChI is InChI=1S/C33H32N2O5/c1-3-4-18-40-33(39)30-17-14-27(19-22(30)2)32(38)35-28-7-5-6-23(20-28)21-34-31(37)26-10-8-24(9-11-26)25-12-15-29(36)16-13-25/h5-17,19-20,36H,3-4,18,21H2,1-2H3,(H,34,37)(H,35,38). The maximum Gasteiger partial charge on any atom is 0.338 e. The molecule has 7 heteroatoms. The van der Waals surface area contributed by atoms with E-state index in [2.05, 4.69) is 10.6 Å². The Labute approximate surface area is 233 Å². The lowest BCUT2D eigenvalue weighted by Crippen LogP contribution is -2.22. The molecule has 0 radical (unpaired) electrons. The number of hydrogen-bond donors (Lipinski definition) is 3. The molecule has 0 saturated carbocycles. The number of rotatable bonds is 10. The van der Waals surface area contributed by atoms with E-state index in [-0.39, 0.29) is 30.1 Å². The summed E-state index contributed by atoms with van der Waals surface area (Å²) in [7, 11) is 0. The van der Waals surface area contributed by atoms with Gasteiger partial charge in [-0.1, -0.05) is 49.7 Å². The zero-order valence-electron chi connectivity index (χ0n) is 22.6. The summed E-state index contributed by atoms with van der Waals surface area (Å²) in [5, 5.41) is 15.2. The van der Waals surface area contributed by atoms with Gasteiger partial charge in [0.2, 0.25) is 0 Å². The molecule has 4 aromatic carbocycles. The Morgan fingerprint density at radius 2 is 1.48 bits per heavy atom. The van der Waals surface area contributed by atoms with Gasteiger partial charge < -0.3 is 20.5 Å². The number of carbonyl (C=O) groups is 3. The summed E-state index contributed by atoms with van der Waals surface area (Å²) >= 11 is 0. The number of unbranched alkanes of at least 4 members (excludes halogenated alkanes) is 1. The van der Waals surface area contributed by atoms with Crippen molar-refractivity contribution in [3.05, 3.63) is 119 Å². The lowest BCUT2D eigenvalue weighted by atomic mass is 10.0. The predicted octanol–water partition coefficient (Wildman–Crippen LogP) is 6.51. The number of ether oxygens (including phenoxy) is 1. The summed E-state index contributed by atoms with van der Waals surface area (Å²) < 4.78 is 5.28. The first-order valence-electron chi connectivity index (χ1n) is 13.2. The third-order valence-electron chi connectivity index (χ3n) is 6.43. The Kier molecular flexibility index (Phi) is 9.31. The Hall–Kier alpha value is -4.91. The average Bonchev–Trinajstić information content (AvgIpc) is 2.96. The molecule has 0 aromatic heterocycles. The highest BCUT2D eigenvalue weighted by atomic mass is 16.5. The minimum atomic E-state index is -0.388. The summed E-state index contributed by atoms with van der Waals surface area (Å²) in [5.41, 5.74) is 5.37. The Morgan fingerprint density at radius 1 is 0.800 bits per heavy atom. The van der Waals surface area contributed by atoms with Crippen LogP contribution in [-0.2, 0) is 11.3 Å². The van der Waals surface area contributed by atoms with Gasteiger partial charge in [-0.15, -0.1) is 0 Å². The number of aryl methyl sites for hydroxylation is 1. The number of aromatic hydroxyl groups is 1. The van der Waals surface area contributed by atoms with Crippen molar-refractivity contribution in [2.45, 2.75) is 33.2 Å². The van der Waals surface area contributed by atoms with Crippen molar-refractivity contribution >= 4 is 23.5 Å². The van der Waals surface area contributed by atoms with Gasteiger partial charge in [0.15, 0.2) is 0 Å². The summed E-state index contributed by atoms with van der Waals surface area (Å²) in [6.45, 7) is 4.47. The quantitative estimate of drug-likeness (QED) is 0.158. The molecule has 0 fully saturated rings. The third kappa shape index (κ3) is 7.35. The normalized spacial score (nSPS) is 10.6. The minimum Gasteiger partial charge on any atom is -0.508 e. The van der Waals surface area contributed by atoms with Crippen LogP contribution >= 0.6 is 0 Å². The second-order valence-electron chi connectivity index (χ2n) is 9.48. The molecule has 3 N–H and O–H groups in total. The van der Waals surface area contributed by atoms with E-state index in [0.717, 1.165) is 29.5 Å². The van der Waals surface area contributed by atoms with Crippen LogP contribution in [0.5, 0.6) is 5.75 Å². The molecule has 0 bridgehead atoms. The molecular formula is C33H32N2O5. The van der Waals surface area contributed by atoms with Crippen molar-refractivity contribution in [2.24, 2.45) is 0 Å². The molecule has 0 unspecified atom stereocenters. The molecule has 204 valence electrons. The van der Waals surface area contributed by atoms with E-state index in [1.54, 1.807) is 61.5 Å². The van der Waals surface area contributed by atoms with Crippen molar-refractivity contribution in [1.82, 2.24) is 5.32 Å². The maximum atomic E-state index is 12.9. The van der Waals surface area contributed by atoms with Gasteiger partial charge in [0.05, 0.1) is 12.2 Å². The van der Waals surface area contributed by atoms with Crippen LogP contribution in [0.4, 0.5) is 5.69 Å². The van der Waals surface area contributed by atoms with Crippen LogP contribution in [0.1, 0.15) is 62.0 Å². The van der Waals surface area contributed by atoms with Gasteiger partial charge in [-0.05, 0) is 90.2 Å². The number of carbonyl (C=O) groups excluding carboxylic acids is 3. The predicted molar refractivity (Wildman–Crippen MR) is 155 cm³/mol. The van der Waals surface area contributed by atoms with Crippen LogP contribution in [0.3, 0.4) is 0 Å². The molecule has 40 heavy (non-hydrogen) atoms. The number of phenolic OH excluding ortho intramolecular Hbond substituents is 1. The molecule has 0 aliphatic heterocycles. The Morgan fingerprint density at radius 3 is 2.15 bits per heavy atom. The van der Waals surface area contributed by atoms with E-state index in [0.29, 0.717) is 34.5 Å². The van der Waals surface area contributed by atoms with E-state index < -0.39 is 0 Å². The molecular weight excluding hydrogens is 504 g/mol. The SMILES string of the molecule is CCCCOC(=O)c1ccc(C(=O)Nc2cccc(CNC(=O)c3ccc(-c4ccc(O)cc4)cc3)c2)cc1C. The zero-order valence-corrected chi connectivity index (χ0v) is 22.6. The largest absolute Gasteiger partial charge is 0.508 e. The summed E-state index contributed by atoms with van der Waals surface area (Å²) in [6, 6.07) is 26.3. The summed E-state index contributed by atoms with van der Waals surface area (Å²) in [6.07, 6.45) is 1.75. The average molecular weight is 537 g/mol. The van der Waals surface area contributed by atoms with Gasteiger partial charge in [0.25, 0.3) is 11.8 Å². The fraction of sp³-hybridized carbons (Fsp3) is 0.182. The molecule has 4 rings (SSSR count). The van der Waals surface area contributed by atoms with Gasteiger partial charge in [-0.2, -0.15) is 0 Å². The van der Waals surface area contributed by atoms with E-state index in [9.17, 15) is 19.5 Å². The van der Waals surface area contributed by atoms with E-state index in [4.69, 9.17) is 4.74 Å². The smallest absolute Gasteiger partial charge is 0.338 e. The first-order chi connectivity index (χ1) is 19.3. The van der Waals surface area contributed by atoms with Crippen LogP contribution in [0.2, 0.25) is 0 Å². The lowest BCUT2D eigenvalue weighted by molar-refractivity contribution is 0.0498. The highest BCUT2D eigenvalue weighted by Crippen LogP contribution is 2.22. The van der Waals surface area contributed by atoms with Crippen LogP contribution in [0.15, 0.2) is 91.0 Å². The fourth-order valence-electron chi connectivity index (χ4n) is 4.14. The fourth-order valence-corrected chi connectivity index (χ4v) is 4.14. The second-order valence-corrected chi connectivity index (χ2v) is 9.48. The van der Waals surface area contributed by atoms with Crippen LogP contribution < -0.4 is 10.6 Å². The number of nitrogens with one attached hydrogen (secondary N) is 2. The van der Waals surface area contributed by atoms with Gasteiger partial charge in [-0.25, -0.2) is 4.79 Å². The molecule has 0 heterocycles. The molecule has 2 amide bonds. The van der Waals surface area contributed by atoms with Crippen molar-refractivity contribution < 1.29 is 24.2 Å². The number of benzene rings is 4. The zero-order chi connectivity index (χ0) is 28.5. The number of anilines is 1. The summed E-state index contributed by atoms with van der Waals surface area (Å²) in [5.74, 6) is -0.700. The first-order valence-corrected chi connectivity index (χ1v) is 13.2. The number of esters is 1. The number of phenols is 1. The van der Waals surface area contributed by atoms with Crippen molar-refractivity contribution in [3.63, 3.8) is 0 Å². The third-order valence-corrected chi connectivity index (χ3v) is 6.43. The van der Waals surface area contributed by atoms with Crippen LogP contribution in [0, 0.1) is 6.92 Å². The van der Waals surface area contributed by atoms with E-state index in [1.807, 2.05) is 43.3 Å². The molecule has 4 aromatic rings. The molecule has 0 aliphatic carbocycles. The van der Waals surface area contributed by atoms with E-state index >= 15 is 0 Å². The molecule has 0 aliphatic rings. The Balaban J connectivity index is 1.33. The highest BCUT2D eigenvalue weighted by molar-refractivity contribution is 6.05. The monoisotopic (exact) mass is 536 g/mol. The van der Waals surface area contributed by atoms with Gasteiger partial charge >= 0.3 is 5.97 Å². The molecule has 0 saturated heterocycles. The van der Waals surface area contributed by atoms with Gasteiger partial charge in [0.1, 0.15) is 5.75 Å². The van der Waals surface area contributed by atoms with Crippen LogP contribution in [0.25, 0.3) is 11.1 Å². The molecule has 0 atom stereocenters. The van der Waals surface area contributed by atoms with Gasteiger partial charge in [-0.3, -0.25) is 9.59 Å². The highest BCUT2D eigenvalue weighted by Gasteiger charge is 2.14. The lowest BCUT2D eigenvalue weighted by Gasteiger charge is -2.11. The minimum absolute atomic E-state index is 0.203. The molecule has 0 spiro atoms. The number of hydrogen-bond acceptors (Lipinski definition) is 5. The summed E-state index contributed by atoms with van der Waals surface area (Å²) in [4.78, 5) is 37.8. The first kappa shape index (κ1) is 28.1. The topological polar surface area (TPSA) is 105 Å². The number of amides is 2. The van der Waals surface area contributed by atoms with Gasteiger partial charge in [0, 0.05) is 23.4 Å². The van der Waals surface area contributed by atoms with Crippen molar-refractivity contribution in [3.8, 4) is 16.9 Å². The van der Waals surface area contributed by atoms with Crippen molar-refractivity contribution in [1.29, 1.82) is 0 Å². The van der Waals surface area contributed by atoms with E-state index in [1.165, 1.54) is 0 Å². The molecule has 7 nitrogen and oxygen atoms in total.